The first-order valence-electron chi connectivity index (χ1n) is 8.34. The van der Waals surface area contributed by atoms with Gasteiger partial charge >= 0.3 is 0 Å². The number of benzene rings is 2. The first kappa shape index (κ1) is 18.3. The van der Waals surface area contributed by atoms with Gasteiger partial charge in [0.1, 0.15) is 17.3 Å². The zero-order chi connectivity index (χ0) is 19.2. The van der Waals surface area contributed by atoms with Gasteiger partial charge in [-0.05, 0) is 54.6 Å². The van der Waals surface area contributed by atoms with Crippen LogP contribution in [-0.2, 0) is 0 Å². The molecule has 0 aliphatic rings. The van der Waals surface area contributed by atoms with Crippen LogP contribution in [0.25, 0.3) is 17.4 Å². The van der Waals surface area contributed by atoms with Crippen molar-refractivity contribution in [2.75, 3.05) is 21.3 Å². The summed E-state index contributed by atoms with van der Waals surface area (Å²) in [5, 5.41) is 0. The maximum absolute atomic E-state index is 12.4. The van der Waals surface area contributed by atoms with Crippen LogP contribution in [0.4, 0.5) is 0 Å². The highest BCUT2D eigenvalue weighted by atomic mass is 16.5. The fourth-order valence-corrected chi connectivity index (χ4v) is 2.68. The third-order valence-corrected chi connectivity index (χ3v) is 4.07. The Morgan fingerprint density at radius 3 is 2.33 bits per heavy atom. The Morgan fingerprint density at radius 1 is 0.852 bits per heavy atom. The van der Waals surface area contributed by atoms with Gasteiger partial charge in [-0.3, -0.25) is 4.79 Å². The topological polar surface area (TPSA) is 57.9 Å². The number of rotatable bonds is 7. The number of para-hydroxylation sites is 1. The highest BCUT2D eigenvalue weighted by Gasteiger charge is 2.10. The third kappa shape index (κ3) is 4.03. The molecule has 0 N–H and O–H groups in total. The molecule has 0 bridgehead atoms. The lowest BCUT2D eigenvalue weighted by molar-refractivity contribution is 0.104. The fraction of sp³-hybridized carbons (Fsp3) is 0.136. The second-order valence-corrected chi connectivity index (χ2v) is 5.67. The average molecular weight is 364 g/mol. The van der Waals surface area contributed by atoms with E-state index >= 15 is 0 Å². The van der Waals surface area contributed by atoms with Crippen LogP contribution in [0.3, 0.4) is 0 Å². The molecule has 0 saturated heterocycles. The van der Waals surface area contributed by atoms with Crippen molar-refractivity contribution in [1.29, 1.82) is 0 Å². The van der Waals surface area contributed by atoms with Gasteiger partial charge in [0.2, 0.25) is 0 Å². The van der Waals surface area contributed by atoms with Crippen molar-refractivity contribution in [3.8, 4) is 28.6 Å². The molecule has 1 heterocycles. The van der Waals surface area contributed by atoms with Crippen molar-refractivity contribution >= 4 is 11.9 Å². The first-order chi connectivity index (χ1) is 13.2. The zero-order valence-electron chi connectivity index (χ0n) is 15.4. The number of carbonyl (C=O) groups excluding carboxylic acids is 1. The molecular weight excluding hydrogens is 344 g/mol. The van der Waals surface area contributed by atoms with E-state index in [1.165, 1.54) is 13.2 Å². The summed E-state index contributed by atoms with van der Waals surface area (Å²) in [4.78, 5) is 12.4. The molecule has 27 heavy (non-hydrogen) atoms. The minimum absolute atomic E-state index is 0.161. The molecule has 3 rings (SSSR count). The molecule has 138 valence electrons. The lowest BCUT2D eigenvalue weighted by Gasteiger charge is -2.07. The molecule has 0 spiro atoms. The van der Waals surface area contributed by atoms with E-state index in [0.29, 0.717) is 28.6 Å². The Morgan fingerprint density at radius 2 is 1.59 bits per heavy atom. The highest BCUT2D eigenvalue weighted by Crippen LogP contribution is 2.31. The number of hydrogen-bond acceptors (Lipinski definition) is 5. The maximum Gasteiger partial charge on any atom is 0.186 e. The number of methoxy groups -OCH3 is 3. The molecule has 3 aromatic rings. The lowest BCUT2D eigenvalue weighted by atomic mass is 10.1. The minimum Gasteiger partial charge on any atom is -0.496 e. The summed E-state index contributed by atoms with van der Waals surface area (Å²) in [6.07, 6.45) is 3.10. The molecule has 0 amide bonds. The molecule has 0 aliphatic heterocycles. The van der Waals surface area contributed by atoms with Crippen molar-refractivity contribution in [3.05, 3.63) is 72.0 Å². The van der Waals surface area contributed by atoms with Crippen LogP contribution in [0.2, 0.25) is 0 Å². The smallest absolute Gasteiger partial charge is 0.186 e. The Balaban J connectivity index is 1.79. The number of furan rings is 1. The maximum atomic E-state index is 12.4. The van der Waals surface area contributed by atoms with Gasteiger partial charge in [0.25, 0.3) is 0 Å². The van der Waals surface area contributed by atoms with E-state index in [-0.39, 0.29) is 5.78 Å². The van der Waals surface area contributed by atoms with Crippen molar-refractivity contribution in [2.24, 2.45) is 0 Å². The van der Waals surface area contributed by atoms with Gasteiger partial charge in [-0.25, -0.2) is 0 Å². The molecule has 0 saturated carbocycles. The Kier molecular flexibility index (Phi) is 5.61. The van der Waals surface area contributed by atoms with E-state index in [9.17, 15) is 4.79 Å². The monoisotopic (exact) mass is 364 g/mol. The van der Waals surface area contributed by atoms with Crippen molar-refractivity contribution in [2.45, 2.75) is 0 Å². The largest absolute Gasteiger partial charge is 0.496 e. The Hall–Kier alpha value is -3.47. The summed E-state index contributed by atoms with van der Waals surface area (Å²) < 4.78 is 21.6. The molecule has 0 unspecified atom stereocenters. The first-order valence-corrected chi connectivity index (χ1v) is 8.34. The Labute approximate surface area is 157 Å². The molecule has 0 radical (unpaired) electrons. The summed E-state index contributed by atoms with van der Waals surface area (Å²) in [6.45, 7) is 0. The van der Waals surface area contributed by atoms with Crippen LogP contribution in [0.5, 0.6) is 17.2 Å². The number of allylic oxidation sites excluding steroid dienone is 1. The van der Waals surface area contributed by atoms with Crippen LogP contribution in [0.15, 0.2) is 65.1 Å². The van der Waals surface area contributed by atoms with Gasteiger partial charge in [-0.15, -0.1) is 0 Å². The Bertz CT molecular complexity index is 968. The van der Waals surface area contributed by atoms with Crippen molar-refractivity contribution in [1.82, 2.24) is 0 Å². The number of carbonyl (C=O) groups is 1. The van der Waals surface area contributed by atoms with E-state index in [2.05, 4.69) is 0 Å². The zero-order valence-corrected chi connectivity index (χ0v) is 15.4. The molecule has 5 nitrogen and oxygen atoms in total. The standard InChI is InChI=1S/C22H20O5/c1-24-19-7-5-4-6-17(19)20-13-10-16(27-20)9-11-18(23)15-8-12-21(25-2)22(14-15)26-3/h4-14H,1-3H3/b11-9+. The lowest BCUT2D eigenvalue weighted by Crippen LogP contribution is -1.97. The third-order valence-electron chi connectivity index (χ3n) is 4.07. The van der Waals surface area contributed by atoms with E-state index in [4.69, 9.17) is 18.6 Å². The molecule has 0 atom stereocenters. The highest BCUT2D eigenvalue weighted by molar-refractivity contribution is 6.07. The van der Waals surface area contributed by atoms with Gasteiger partial charge in [0.05, 0.1) is 26.9 Å². The van der Waals surface area contributed by atoms with Gasteiger partial charge < -0.3 is 18.6 Å². The van der Waals surface area contributed by atoms with Crippen LogP contribution in [0.1, 0.15) is 16.1 Å². The van der Waals surface area contributed by atoms with Crippen LogP contribution in [0, 0.1) is 0 Å². The predicted molar refractivity (Wildman–Crippen MR) is 104 cm³/mol. The summed E-state index contributed by atoms with van der Waals surface area (Å²) in [5.41, 5.74) is 1.35. The van der Waals surface area contributed by atoms with Crippen molar-refractivity contribution in [3.63, 3.8) is 0 Å². The summed E-state index contributed by atoms with van der Waals surface area (Å²) in [6, 6.07) is 16.3. The van der Waals surface area contributed by atoms with E-state index in [0.717, 1.165) is 11.3 Å². The molecule has 5 heteroatoms. The average Bonchev–Trinajstić information content (AvgIpc) is 3.20. The number of hydrogen-bond donors (Lipinski definition) is 0. The van der Waals surface area contributed by atoms with Crippen LogP contribution in [-0.4, -0.2) is 27.1 Å². The number of ether oxygens (including phenoxy) is 3. The molecule has 1 aromatic heterocycles. The summed E-state index contributed by atoms with van der Waals surface area (Å²) in [5.74, 6) is 2.89. The molecular formula is C22H20O5. The quantitative estimate of drug-likeness (QED) is 0.442. The van der Waals surface area contributed by atoms with Gasteiger partial charge in [0.15, 0.2) is 17.3 Å². The van der Waals surface area contributed by atoms with E-state index in [1.54, 1.807) is 44.6 Å². The second kappa shape index (κ2) is 8.27. The molecule has 0 aliphatic carbocycles. The molecule has 0 fully saturated rings. The van der Waals surface area contributed by atoms with E-state index in [1.807, 2.05) is 30.3 Å². The second-order valence-electron chi connectivity index (χ2n) is 5.67. The summed E-state index contributed by atoms with van der Waals surface area (Å²) >= 11 is 0. The normalized spacial score (nSPS) is 10.8. The predicted octanol–water partition coefficient (Wildman–Crippen LogP) is 4.87. The summed E-state index contributed by atoms with van der Waals surface area (Å²) in [7, 11) is 4.70. The minimum atomic E-state index is -0.161. The van der Waals surface area contributed by atoms with Crippen LogP contribution < -0.4 is 14.2 Å². The number of ketones is 1. The van der Waals surface area contributed by atoms with Gasteiger partial charge in [0, 0.05) is 5.56 Å². The SMILES string of the molecule is COc1ccc(C(=O)/C=C/c2ccc(-c3ccccc3OC)o2)cc1OC. The van der Waals surface area contributed by atoms with Crippen LogP contribution >= 0.6 is 0 Å². The van der Waals surface area contributed by atoms with Gasteiger partial charge in [-0.1, -0.05) is 12.1 Å². The molecule has 2 aromatic carbocycles. The fourth-order valence-electron chi connectivity index (χ4n) is 2.68. The van der Waals surface area contributed by atoms with Gasteiger partial charge in [-0.2, -0.15) is 0 Å². The van der Waals surface area contributed by atoms with E-state index < -0.39 is 0 Å². The van der Waals surface area contributed by atoms with Crippen molar-refractivity contribution < 1.29 is 23.4 Å².